The Morgan fingerprint density at radius 1 is 1.00 bits per heavy atom. The van der Waals surface area contributed by atoms with Gasteiger partial charge in [0.25, 0.3) is 0 Å². The Hall–Kier alpha value is -2.29. The number of urea groups is 1. The van der Waals surface area contributed by atoms with Crippen LogP contribution in [0.25, 0.3) is 0 Å². The van der Waals surface area contributed by atoms with E-state index >= 15 is 0 Å². The molecule has 1 N–H and O–H groups in total. The number of benzene rings is 1. The van der Waals surface area contributed by atoms with E-state index in [1.807, 2.05) is 0 Å². The van der Waals surface area contributed by atoms with Crippen LogP contribution in [0.3, 0.4) is 0 Å². The van der Waals surface area contributed by atoms with Gasteiger partial charge in [-0.2, -0.15) is 13.2 Å². The third kappa shape index (κ3) is 5.31. The van der Waals surface area contributed by atoms with E-state index in [0.717, 1.165) is 37.8 Å². The number of ether oxygens (including phenoxy) is 1. The van der Waals surface area contributed by atoms with Crippen molar-refractivity contribution in [1.82, 2.24) is 9.80 Å². The van der Waals surface area contributed by atoms with Crippen molar-refractivity contribution in [2.45, 2.75) is 56.8 Å². The summed E-state index contributed by atoms with van der Waals surface area (Å²) in [5, 5.41) is 2.57. The first-order valence-electron chi connectivity index (χ1n) is 11.0. The number of carbonyl (C=O) groups excluding carboxylic acids is 2. The molecule has 0 unspecified atom stereocenters. The summed E-state index contributed by atoms with van der Waals surface area (Å²) in [7, 11) is 0. The molecule has 0 radical (unpaired) electrons. The lowest BCUT2D eigenvalue weighted by Gasteiger charge is -2.43. The Labute approximate surface area is 179 Å². The lowest BCUT2D eigenvalue weighted by Crippen LogP contribution is -2.54. The highest BCUT2D eigenvalue weighted by Crippen LogP contribution is 2.35. The second kappa shape index (κ2) is 9.06. The highest BCUT2D eigenvalue weighted by molar-refractivity contribution is 5.89. The number of piperidine rings is 1. The molecule has 2 heterocycles. The van der Waals surface area contributed by atoms with Gasteiger partial charge in [-0.15, -0.1) is 0 Å². The van der Waals surface area contributed by atoms with Crippen LogP contribution in [0, 0.1) is 5.92 Å². The normalized spacial score (nSPS) is 21.1. The molecule has 0 bridgehead atoms. The zero-order chi connectivity index (χ0) is 22.0. The van der Waals surface area contributed by atoms with Crippen LogP contribution < -0.4 is 5.32 Å². The Kier molecular flexibility index (Phi) is 6.41. The number of hydrogen-bond acceptors (Lipinski definition) is 3. The fourth-order valence-electron chi connectivity index (χ4n) is 4.49. The van der Waals surface area contributed by atoms with E-state index in [9.17, 15) is 22.8 Å². The summed E-state index contributed by atoms with van der Waals surface area (Å²) >= 11 is 0. The summed E-state index contributed by atoms with van der Waals surface area (Å²) in [6, 6.07) is 4.51. The molecule has 6 nitrogen and oxygen atoms in total. The number of amides is 3. The highest BCUT2D eigenvalue weighted by Gasteiger charge is 2.41. The second-order valence-corrected chi connectivity index (χ2v) is 8.59. The topological polar surface area (TPSA) is 61.9 Å². The Bertz CT molecular complexity index is 799. The molecule has 0 aromatic heterocycles. The van der Waals surface area contributed by atoms with E-state index in [-0.39, 0.29) is 29.6 Å². The molecule has 1 aromatic rings. The van der Waals surface area contributed by atoms with E-state index in [0.29, 0.717) is 39.1 Å². The SMILES string of the molecule is O=C(Nc1cccc(C(F)(F)F)c1)N1CCC(N(C(=O)C2CC2)C2CCOCC2)CC1. The van der Waals surface area contributed by atoms with Crippen molar-refractivity contribution >= 4 is 17.6 Å². The molecule has 1 saturated carbocycles. The molecular formula is C22H28F3N3O3. The lowest BCUT2D eigenvalue weighted by atomic mass is 9.97. The van der Waals surface area contributed by atoms with Gasteiger partial charge in [0.2, 0.25) is 5.91 Å². The maximum Gasteiger partial charge on any atom is 0.416 e. The minimum Gasteiger partial charge on any atom is -0.381 e. The minimum absolute atomic E-state index is 0.0915. The van der Waals surface area contributed by atoms with Crippen LogP contribution in [-0.2, 0) is 15.7 Å². The molecule has 31 heavy (non-hydrogen) atoms. The Morgan fingerprint density at radius 3 is 2.26 bits per heavy atom. The number of halogens is 3. The van der Waals surface area contributed by atoms with Crippen LogP contribution in [0.15, 0.2) is 24.3 Å². The largest absolute Gasteiger partial charge is 0.416 e. The van der Waals surface area contributed by atoms with E-state index in [2.05, 4.69) is 10.2 Å². The molecule has 170 valence electrons. The van der Waals surface area contributed by atoms with E-state index in [1.54, 1.807) is 4.90 Å². The summed E-state index contributed by atoms with van der Waals surface area (Å²) in [5.41, 5.74) is -0.676. The molecule has 0 spiro atoms. The van der Waals surface area contributed by atoms with Gasteiger partial charge < -0.3 is 19.9 Å². The fourth-order valence-corrected chi connectivity index (χ4v) is 4.49. The fraction of sp³-hybridized carbons (Fsp3) is 0.636. The van der Waals surface area contributed by atoms with Gasteiger partial charge in [0.1, 0.15) is 0 Å². The second-order valence-electron chi connectivity index (χ2n) is 8.59. The zero-order valence-electron chi connectivity index (χ0n) is 17.4. The van der Waals surface area contributed by atoms with E-state index < -0.39 is 17.8 Å². The van der Waals surface area contributed by atoms with Crippen molar-refractivity contribution in [3.05, 3.63) is 29.8 Å². The summed E-state index contributed by atoms with van der Waals surface area (Å²) in [5.74, 6) is 0.379. The molecule has 1 aliphatic carbocycles. The van der Waals surface area contributed by atoms with Crippen molar-refractivity contribution in [1.29, 1.82) is 0 Å². The van der Waals surface area contributed by atoms with Gasteiger partial charge in [-0.25, -0.2) is 4.79 Å². The third-order valence-electron chi connectivity index (χ3n) is 6.35. The van der Waals surface area contributed by atoms with Crippen molar-refractivity contribution in [2.24, 2.45) is 5.92 Å². The van der Waals surface area contributed by atoms with E-state index in [4.69, 9.17) is 4.74 Å². The zero-order valence-corrected chi connectivity index (χ0v) is 17.4. The monoisotopic (exact) mass is 439 g/mol. The molecule has 1 aromatic carbocycles. The molecule has 4 rings (SSSR count). The van der Waals surface area contributed by atoms with Gasteiger partial charge in [0, 0.05) is 50.0 Å². The predicted molar refractivity (Wildman–Crippen MR) is 108 cm³/mol. The summed E-state index contributed by atoms with van der Waals surface area (Å²) in [4.78, 5) is 29.3. The number of alkyl halides is 3. The molecule has 3 amide bonds. The standard InChI is InChI=1S/C22H28F3N3O3/c23-22(24,25)16-2-1-3-17(14-16)26-21(30)27-10-6-18(7-11-27)28(20(29)15-4-5-15)19-8-12-31-13-9-19/h1-3,14-15,18-19H,4-13H2,(H,26,30). The Morgan fingerprint density at radius 2 is 1.65 bits per heavy atom. The third-order valence-corrected chi connectivity index (χ3v) is 6.35. The first-order valence-corrected chi connectivity index (χ1v) is 11.0. The van der Waals surface area contributed by atoms with Crippen LogP contribution in [-0.4, -0.2) is 60.1 Å². The smallest absolute Gasteiger partial charge is 0.381 e. The number of hydrogen-bond donors (Lipinski definition) is 1. The van der Waals surface area contributed by atoms with Gasteiger partial charge >= 0.3 is 12.2 Å². The molecule has 2 saturated heterocycles. The number of nitrogens with one attached hydrogen (secondary N) is 1. The maximum absolute atomic E-state index is 13.0. The molecule has 9 heteroatoms. The van der Waals surface area contributed by atoms with E-state index in [1.165, 1.54) is 12.1 Å². The molecule has 3 aliphatic rings. The number of rotatable bonds is 4. The highest BCUT2D eigenvalue weighted by atomic mass is 19.4. The lowest BCUT2D eigenvalue weighted by molar-refractivity contribution is -0.141. The molecular weight excluding hydrogens is 411 g/mol. The Balaban J connectivity index is 1.35. The van der Waals surface area contributed by atoms with Gasteiger partial charge in [0.05, 0.1) is 5.56 Å². The van der Waals surface area contributed by atoms with Crippen molar-refractivity contribution in [3.8, 4) is 0 Å². The molecule has 0 atom stereocenters. The number of carbonyl (C=O) groups is 2. The maximum atomic E-state index is 13.0. The van der Waals surface area contributed by atoms with Crippen LogP contribution in [0.1, 0.15) is 44.1 Å². The number of anilines is 1. The van der Waals surface area contributed by atoms with Gasteiger partial charge in [-0.3, -0.25) is 4.79 Å². The van der Waals surface area contributed by atoms with Gasteiger partial charge in [-0.1, -0.05) is 6.07 Å². The average Bonchev–Trinajstić information content (AvgIpc) is 3.60. The first-order chi connectivity index (χ1) is 14.8. The first kappa shape index (κ1) is 21.9. The van der Waals surface area contributed by atoms with Crippen LogP contribution in [0.2, 0.25) is 0 Å². The van der Waals surface area contributed by atoms with Crippen molar-refractivity contribution < 1.29 is 27.5 Å². The summed E-state index contributed by atoms with van der Waals surface area (Å²) < 4.78 is 44.1. The number of nitrogens with zero attached hydrogens (tertiary/aromatic N) is 2. The minimum atomic E-state index is -4.46. The van der Waals surface area contributed by atoms with Gasteiger partial charge in [0.15, 0.2) is 0 Å². The number of likely N-dealkylation sites (tertiary alicyclic amines) is 1. The predicted octanol–water partition coefficient (Wildman–Crippen LogP) is 4.12. The van der Waals surface area contributed by atoms with Crippen LogP contribution in [0.5, 0.6) is 0 Å². The van der Waals surface area contributed by atoms with Crippen LogP contribution >= 0.6 is 0 Å². The van der Waals surface area contributed by atoms with Crippen molar-refractivity contribution in [3.63, 3.8) is 0 Å². The van der Waals surface area contributed by atoms with Gasteiger partial charge in [-0.05, 0) is 56.7 Å². The summed E-state index contributed by atoms with van der Waals surface area (Å²) in [6.45, 7) is 2.26. The quantitative estimate of drug-likeness (QED) is 0.768. The van der Waals surface area contributed by atoms with Crippen LogP contribution in [0.4, 0.5) is 23.7 Å². The van der Waals surface area contributed by atoms with Crippen molar-refractivity contribution in [2.75, 3.05) is 31.6 Å². The average molecular weight is 439 g/mol. The molecule has 2 aliphatic heterocycles. The summed E-state index contributed by atoms with van der Waals surface area (Å²) in [6.07, 6.45) is 0.482. The molecule has 3 fully saturated rings.